The highest BCUT2D eigenvalue weighted by Crippen LogP contribution is 2.36. The van der Waals surface area contributed by atoms with Gasteiger partial charge in [-0.05, 0) is 83.1 Å². The lowest BCUT2D eigenvalue weighted by atomic mass is 9.79. The second-order valence-corrected chi connectivity index (χ2v) is 9.61. The average Bonchev–Trinajstić information content (AvgIpc) is 2.82. The molecule has 0 unspecified atom stereocenters. The molecule has 1 aromatic carbocycles. The van der Waals surface area contributed by atoms with E-state index in [1.165, 1.54) is 32.5 Å². The van der Waals surface area contributed by atoms with Gasteiger partial charge in [0.05, 0.1) is 17.8 Å². The highest BCUT2D eigenvalue weighted by Gasteiger charge is 2.51. The summed E-state index contributed by atoms with van der Waals surface area (Å²) in [6, 6.07) is 8.18. The minimum absolute atomic E-state index is 0.321. The van der Waals surface area contributed by atoms with Crippen LogP contribution in [0.3, 0.4) is 0 Å². The molecule has 1 aromatic rings. The zero-order valence-corrected chi connectivity index (χ0v) is 18.0. The number of nitrogens with zero attached hydrogens (tertiary/aromatic N) is 1. The van der Waals surface area contributed by atoms with Crippen molar-refractivity contribution in [2.24, 2.45) is 11.8 Å². The molecule has 0 aliphatic carbocycles. The fourth-order valence-electron chi connectivity index (χ4n) is 3.80. The van der Waals surface area contributed by atoms with Gasteiger partial charge in [-0.1, -0.05) is 26.0 Å². The molecule has 0 radical (unpaired) electrons. The van der Waals surface area contributed by atoms with Gasteiger partial charge in [-0.15, -0.1) is 0 Å². The SMILES string of the molecule is CC(C)CN1CCC(COc2cccc(B3OC(C)(C)C(C)(C)O3)c2)CC1. The van der Waals surface area contributed by atoms with E-state index in [2.05, 4.69) is 58.6 Å². The molecule has 4 nitrogen and oxygen atoms in total. The standard InChI is InChI=1S/C22H36BNO3/c1-17(2)15-24-12-10-18(11-13-24)16-25-20-9-7-8-19(14-20)23-26-21(3,4)22(5,6)27-23/h7-9,14,17-18H,10-13,15-16H2,1-6H3. The topological polar surface area (TPSA) is 30.9 Å². The Hall–Kier alpha value is -1.04. The van der Waals surface area contributed by atoms with Gasteiger partial charge in [-0.25, -0.2) is 0 Å². The number of hydrogen-bond donors (Lipinski definition) is 0. The van der Waals surface area contributed by atoms with Gasteiger partial charge < -0.3 is 18.9 Å². The Bertz CT molecular complexity index is 608. The largest absolute Gasteiger partial charge is 0.494 e. The third-order valence-corrected chi connectivity index (χ3v) is 6.20. The van der Waals surface area contributed by atoms with Gasteiger partial charge in [0.25, 0.3) is 0 Å². The number of benzene rings is 1. The van der Waals surface area contributed by atoms with E-state index in [1.54, 1.807) is 0 Å². The maximum absolute atomic E-state index is 6.16. The Morgan fingerprint density at radius 2 is 1.74 bits per heavy atom. The summed E-state index contributed by atoms with van der Waals surface area (Å²) in [7, 11) is -0.335. The Labute approximate surface area is 165 Å². The molecule has 2 aliphatic rings. The molecular formula is C22H36BNO3. The minimum atomic E-state index is -0.335. The van der Waals surface area contributed by atoms with Crippen molar-refractivity contribution in [1.82, 2.24) is 4.90 Å². The molecule has 0 spiro atoms. The molecule has 3 rings (SSSR count). The highest BCUT2D eigenvalue weighted by atomic mass is 16.7. The predicted molar refractivity (Wildman–Crippen MR) is 112 cm³/mol. The van der Waals surface area contributed by atoms with Crippen molar-refractivity contribution in [3.63, 3.8) is 0 Å². The fourth-order valence-corrected chi connectivity index (χ4v) is 3.80. The summed E-state index contributed by atoms with van der Waals surface area (Å²) < 4.78 is 18.5. The normalized spacial score (nSPS) is 23.1. The molecule has 0 saturated carbocycles. The van der Waals surface area contributed by atoms with Crippen LogP contribution in [0.1, 0.15) is 54.4 Å². The van der Waals surface area contributed by atoms with E-state index >= 15 is 0 Å². The van der Waals surface area contributed by atoms with E-state index in [9.17, 15) is 0 Å². The van der Waals surface area contributed by atoms with Crippen LogP contribution in [0.2, 0.25) is 0 Å². The second kappa shape index (κ2) is 8.14. The second-order valence-electron chi connectivity index (χ2n) is 9.61. The van der Waals surface area contributed by atoms with Crippen molar-refractivity contribution in [2.45, 2.75) is 65.6 Å². The molecule has 0 aromatic heterocycles. The van der Waals surface area contributed by atoms with Crippen molar-refractivity contribution < 1.29 is 14.0 Å². The molecule has 0 atom stereocenters. The Morgan fingerprint density at radius 1 is 1.11 bits per heavy atom. The van der Waals surface area contributed by atoms with Crippen molar-refractivity contribution >= 4 is 12.6 Å². The van der Waals surface area contributed by atoms with Crippen molar-refractivity contribution in [2.75, 3.05) is 26.2 Å². The molecule has 150 valence electrons. The Kier molecular flexibility index (Phi) is 6.24. The third kappa shape index (κ3) is 5.07. The monoisotopic (exact) mass is 373 g/mol. The van der Waals surface area contributed by atoms with Crippen LogP contribution in [-0.4, -0.2) is 49.5 Å². The fraction of sp³-hybridized carbons (Fsp3) is 0.727. The lowest BCUT2D eigenvalue weighted by molar-refractivity contribution is 0.00578. The number of hydrogen-bond acceptors (Lipinski definition) is 4. The lowest BCUT2D eigenvalue weighted by Gasteiger charge is -2.32. The van der Waals surface area contributed by atoms with Crippen LogP contribution >= 0.6 is 0 Å². The first-order valence-electron chi connectivity index (χ1n) is 10.5. The summed E-state index contributed by atoms with van der Waals surface area (Å²) >= 11 is 0. The summed E-state index contributed by atoms with van der Waals surface area (Å²) in [5, 5.41) is 0. The molecule has 0 bridgehead atoms. The van der Waals surface area contributed by atoms with Crippen LogP contribution < -0.4 is 10.2 Å². The zero-order chi connectivity index (χ0) is 19.7. The van der Waals surface area contributed by atoms with Crippen LogP contribution in [0.4, 0.5) is 0 Å². The predicted octanol–water partition coefficient (Wildman–Crippen LogP) is 3.73. The van der Waals surface area contributed by atoms with Gasteiger partial charge in [0.2, 0.25) is 0 Å². The van der Waals surface area contributed by atoms with E-state index in [0.717, 1.165) is 23.7 Å². The highest BCUT2D eigenvalue weighted by molar-refractivity contribution is 6.62. The van der Waals surface area contributed by atoms with Gasteiger partial charge in [0.15, 0.2) is 0 Å². The van der Waals surface area contributed by atoms with Crippen LogP contribution in [0.15, 0.2) is 24.3 Å². The number of ether oxygens (including phenoxy) is 1. The molecule has 2 saturated heterocycles. The zero-order valence-electron chi connectivity index (χ0n) is 18.0. The summed E-state index contributed by atoms with van der Waals surface area (Å²) in [4.78, 5) is 2.58. The molecule has 0 N–H and O–H groups in total. The summed E-state index contributed by atoms with van der Waals surface area (Å²) in [6.07, 6.45) is 2.45. The number of rotatable bonds is 6. The quantitative estimate of drug-likeness (QED) is 0.711. The molecule has 0 amide bonds. The molecule has 2 fully saturated rings. The van der Waals surface area contributed by atoms with Crippen LogP contribution in [0.25, 0.3) is 0 Å². The first kappa shape index (κ1) is 20.7. The summed E-state index contributed by atoms with van der Waals surface area (Å²) in [5.74, 6) is 2.30. The number of likely N-dealkylation sites (tertiary alicyclic amines) is 1. The van der Waals surface area contributed by atoms with Gasteiger partial charge in [0.1, 0.15) is 5.75 Å². The molecule has 5 heteroatoms. The van der Waals surface area contributed by atoms with Gasteiger partial charge in [0, 0.05) is 6.54 Å². The van der Waals surface area contributed by atoms with Gasteiger partial charge >= 0.3 is 7.12 Å². The van der Waals surface area contributed by atoms with Crippen LogP contribution in [-0.2, 0) is 9.31 Å². The summed E-state index contributed by atoms with van der Waals surface area (Å²) in [6.45, 7) is 17.3. The average molecular weight is 373 g/mol. The number of piperidine rings is 1. The van der Waals surface area contributed by atoms with Gasteiger partial charge in [-0.2, -0.15) is 0 Å². The van der Waals surface area contributed by atoms with E-state index in [0.29, 0.717) is 5.92 Å². The first-order chi connectivity index (χ1) is 12.7. The van der Waals surface area contributed by atoms with Crippen LogP contribution in [0.5, 0.6) is 5.75 Å². The van der Waals surface area contributed by atoms with Crippen LogP contribution in [0, 0.1) is 11.8 Å². The van der Waals surface area contributed by atoms with E-state index in [-0.39, 0.29) is 18.3 Å². The first-order valence-corrected chi connectivity index (χ1v) is 10.5. The third-order valence-electron chi connectivity index (χ3n) is 6.20. The molecule has 2 aliphatic heterocycles. The van der Waals surface area contributed by atoms with E-state index in [1.807, 2.05) is 12.1 Å². The van der Waals surface area contributed by atoms with E-state index in [4.69, 9.17) is 14.0 Å². The summed E-state index contributed by atoms with van der Waals surface area (Å²) in [5.41, 5.74) is 0.384. The molecular weight excluding hydrogens is 337 g/mol. The van der Waals surface area contributed by atoms with Crippen molar-refractivity contribution in [3.8, 4) is 5.75 Å². The Morgan fingerprint density at radius 3 is 2.33 bits per heavy atom. The lowest BCUT2D eigenvalue weighted by Crippen LogP contribution is -2.41. The van der Waals surface area contributed by atoms with Crippen molar-refractivity contribution in [1.29, 1.82) is 0 Å². The van der Waals surface area contributed by atoms with Crippen molar-refractivity contribution in [3.05, 3.63) is 24.3 Å². The molecule has 27 heavy (non-hydrogen) atoms. The smallest absolute Gasteiger partial charge is 0.493 e. The molecule has 2 heterocycles. The van der Waals surface area contributed by atoms with E-state index < -0.39 is 0 Å². The Balaban J connectivity index is 1.52. The maximum Gasteiger partial charge on any atom is 0.494 e. The maximum atomic E-state index is 6.16. The van der Waals surface area contributed by atoms with Gasteiger partial charge in [-0.3, -0.25) is 0 Å². The minimum Gasteiger partial charge on any atom is -0.493 e.